The minimum absolute atomic E-state index is 0.0674. The van der Waals surface area contributed by atoms with E-state index in [1.54, 1.807) is 14.2 Å². The van der Waals surface area contributed by atoms with E-state index in [4.69, 9.17) is 4.74 Å². The fourth-order valence-electron chi connectivity index (χ4n) is 3.52. The topological polar surface area (TPSA) is 98.8 Å². The zero-order valence-electron chi connectivity index (χ0n) is 14.7. The number of ketones is 1. The fraction of sp³-hybridized carbons (Fsp3) is 0.688. The van der Waals surface area contributed by atoms with Gasteiger partial charge >= 0.3 is 5.69 Å². The van der Waals surface area contributed by atoms with E-state index in [0.717, 1.165) is 17.5 Å². The quantitative estimate of drug-likeness (QED) is 0.740. The third-order valence-corrected chi connectivity index (χ3v) is 4.96. The highest BCUT2D eigenvalue weighted by molar-refractivity contribution is 6.02. The summed E-state index contributed by atoms with van der Waals surface area (Å²) in [7, 11) is 4.86. The Labute approximate surface area is 144 Å². The van der Waals surface area contributed by atoms with Gasteiger partial charge in [0.05, 0.1) is 12.6 Å². The number of hydrogen-bond acceptors (Lipinski definition) is 7. The van der Waals surface area contributed by atoms with E-state index in [2.05, 4.69) is 10.2 Å². The Hall–Kier alpha value is -2.29. The Kier molecular flexibility index (Phi) is 4.85. The van der Waals surface area contributed by atoms with Crippen molar-refractivity contribution < 1.29 is 9.53 Å². The lowest BCUT2D eigenvalue weighted by atomic mass is 9.92. The molecule has 9 nitrogen and oxygen atoms in total. The molecule has 0 amide bonds. The van der Waals surface area contributed by atoms with Crippen LogP contribution in [0.3, 0.4) is 0 Å². The number of rotatable bonds is 3. The number of ether oxygens (including phenoxy) is 1. The van der Waals surface area contributed by atoms with Crippen LogP contribution in [-0.4, -0.2) is 58.2 Å². The number of methoxy groups -OCH3 is 1. The summed E-state index contributed by atoms with van der Waals surface area (Å²) < 4.78 is 7.75. The lowest BCUT2D eigenvalue weighted by Gasteiger charge is -2.29. The number of aromatic nitrogens is 3. The van der Waals surface area contributed by atoms with E-state index in [1.807, 2.05) is 0 Å². The maximum atomic E-state index is 12.9. The molecule has 0 saturated heterocycles. The lowest BCUT2D eigenvalue weighted by Crippen LogP contribution is -2.47. The van der Waals surface area contributed by atoms with Crippen LogP contribution < -0.4 is 11.2 Å². The van der Waals surface area contributed by atoms with E-state index in [0.29, 0.717) is 12.8 Å². The molecule has 1 unspecified atom stereocenters. The summed E-state index contributed by atoms with van der Waals surface area (Å²) >= 11 is 0. The predicted molar refractivity (Wildman–Crippen MR) is 90.9 cm³/mol. The first-order chi connectivity index (χ1) is 11.9. The van der Waals surface area contributed by atoms with Crippen LogP contribution in [0, 0.1) is 0 Å². The van der Waals surface area contributed by atoms with Crippen LogP contribution in [0.2, 0.25) is 0 Å². The summed E-state index contributed by atoms with van der Waals surface area (Å²) in [6.07, 6.45) is 4.55. The number of likely N-dealkylation sites (N-methyl/N-ethyl adjacent to an activating group) is 1. The fourth-order valence-corrected chi connectivity index (χ4v) is 3.52. The molecule has 1 aliphatic carbocycles. The summed E-state index contributed by atoms with van der Waals surface area (Å²) in [5, 5.41) is 9.67. The highest BCUT2D eigenvalue weighted by Crippen LogP contribution is 2.28. The summed E-state index contributed by atoms with van der Waals surface area (Å²) in [4.78, 5) is 37.8. The molecule has 2 aliphatic rings. The van der Waals surface area contributed by atoms with Gasteiger partial charge in [0, 0.05) is 33.5 Å². The molecule has 25 heavy (non-hydrogen) atoms. The van der Waals surface area contributed by atoms with Gasteiger partial charge in [0.1, 0.15) is 11.6 Å². The molecule has 9 heteroatoms. The van der Waals surface area contributed by atoms with Gasteiger partial charge in [-0.2, -0.15) is 10.2 Å². The Morgan fingerprint density at radius 2 is 1.80 bits per heavy atom. The molecule has 1 atom stereocenters. The second kappa shape index (κ2) is 6.91. The average molecular weight is 349 g/mol. The number of Topliss-reactive ketones (excluding diaryl/α,β-unsaturated/α-hetero) is 1. The zero-order valence-corrected chi connectivity index (χ0v) is 14.7. The number of nitrogens with zero attached hydrogens (tertiary/aromatic N) is 5. The standard InChI is InChI=1S/C16H23N5O4/c1-19-9-13(22)12(8-17-19)14-15(23)21(16(24)20(2)18-14)10-4-6-11(25-3)7-5-10/h8,10-12H,4-7,9H2,1-3H3. The largest absolute Gasteiger partial charge is 0.381 e. The van der Waals surface area contributed by atoms with Gasteiger partial charge in [-0.3, -0.25) is 19.2 Å². The molecule has 0 N–H and O–H groups in total. The monoisotopic (exact) mass is 349 g/mol. The van der Waals surface area contributed by atoms with Crippen molar-refractivity contribution in [3.05, 3.63) is 26.5 Å². The molecule has 0 radical (unpaired) electrons. The van der Waals surface area contributed by atoms with E-state index in [9.17, 15) is 14.4 Å². The molecular weight excluding hydrogens is 326 g/mol. The van der Waals surface area contributed by atoms with E-state index < -0.39 is 17.2 Å². The molecule has 1 aliphatic heterocycles. The van der Waals surface area contributed by atoms with Crippen molar-refractivity contribution >= 4 is 12.0 Å². The highest BCUT2D eigenvalue weighted by Gasteiger charge is 2.32. The average Bonchev–Trinajstić information content (AvgIpc) is 2.59. The predicted octanol–water partition coefficient (Wildman–Crippen LogP) is -0.344. The van der Waals surface area contributed by atoms with Gasteiger partial charge in [0.15, 0.2) is 5.78 Å². The van der Waals surface area contributed by atoms with Crippen LogP contribution in [-0.2, 0) is 16.6 Å². The number of carbonyl (C=O) groups excluding carboxylic acids is 1. The van der Waals surface area contributed by atoms with Gasteiger partial charge in [0.2, 0.25) is 0 Å². The maximum absolute atomic E-state index is 12.9. The van der Waals surface area contributed by atoms with Crippen molar-refractivity contribution in [1.82, 2.24) is 19.4 Å². The highest BCUT2D eigenvalue weighted by atomic mass is 16.5. The first-order valence-corrected chi connectivity index (χ1v) is 8.43. The van der Waals surface area contributed by atoms with Crippen LogP contribution in [0.5, 0.6) is 0 Å². The van der Waals surface area contributed by atoms with Crippen molar-refractivity contribution in [1.29, 1.82) is 0 Å². The Morgan fingerprint density at radius 1 is 1.12 bits per heavy atom. The molecule has 2 heterocycles. The molecule has 3 rings (SSSR count). The smallest absolute Gasteiger partial charge is 0.347 e. The first kappa shape index (κ1) is 17.5. The second-order valence-corrected chi connectivity index (χ2v) is 6.66. The Morgan fingerprint density at radius 3 is 2.40 bits per heavy atom. The normalized spacial score (nSPS) is 26.9. The van der Waals surface area contributed by atoms with Crippen LogP contribution in [0.4, 0.5) is 0 Å². The summed E-state index contributed by atoms with van der Waals surface area (Å²) in [6, 6.07) is -0.197. The Balaban J connectivity index is 2.02. The zero-order chi connectivity index (χ0) is 18.1. The second-order valence-electron chi connectivity index (χ2n) is 6.66. The molecule has 1 fully saturated rings. The van der Waals surface area contributed by atoms with Crippen molar-refractivity contribution in [2.45, 2.75) is 43.7 Å². The third-order valence-electron chi connectivity index (χ3n) is 4.96. The van der Waals surface area contributed by atoms with Crippen LogP contribution in [0.15, 0.2) is 14.7 Å². The van der Waals surface area contributed by atoms with E-state index in [1.165, 1.54) is 22.8 Å². The van der Waals surface area contributed by atoms with Crippen LogP contribution in [0.1, 0.15) is 43.3 Å². The Bertz CT molecular complexity index is 804. The summed E-state index contributed by atoms with van der Waals surface area (Å²) in [5.41, 5.74) is -0.872. The molecule has 1 aromatic rings. The van der Waals surface area contributed by atoms with Gasteiger partial charge in [-0.05, 0) is 25.7 Å². The van der Waals surface area contributed by atoms with Crippen molar-refractivity contribution in [3.8, 4) is 0 Å². The molecular formula is C16H23N5O4. The van der Waals surface area contributed by atoms with Crippen LogP contribution in [0.25, 0.3) is 0 Å². The van der Waals surface area contributed by atoms with Crippen molar-refractivity contribution in [2.75, 3.05) is 20.7 Å². The third kappa shape index (κ3) is 3.28. The SMILES string of the molecule is COC1CCC(n2c(=O)c(C3C=NN(C)CC3=O)nn(C)c2=O)CC1. The molecule has 136 valence electrons. The molecule has 0 aromatic carbocycles. The number of carbonyl (C=O) groups is 1. The minimum Gasteiger partial charge on any atom is -0.381 e. The summed E-state index contributed by atoms with van der Waals surface area (Å²) in [5.74, 6) is -0.965. The lowest BCUT2D eigenvalue weighted by molar-refractivity contribution is -0.120. The van der Waals surface area contributed by atoms with E-state index >= 15 is 0 Å². The number of hydrogen-bond donors (Lipinski definition) is 0. The minimum atomic E-state index is -0.808. The molecule has 1 aromatic heterocycles. The number of aryl methyl sites for hydroxylation is 1. The first-order valence-electron chi connectivity index (χ1n) is 8.43. The van der Waals surface area contributed by atoms with Gasteiger partial charge in [-0.25, -0.2) is 9.48 Å². The van der Waals surface area contributed by atoms with Gasteiger partial charge in [-0.1, -0.05) is 0 Å². The van der Waals surface area contributed by atoms with E-state index in [-0.39, 0.29) is 30.2 Å². The van der Waals surface area contributed by atoms with Gasteiger partial charge in [-0.15, -0.1) is 0 Å². The van der Waals surface area contributed by atoms with Gasteiger partial charge in [0.25, 0.3) is 5.56 Å². The maximum Gasteiger partial charge on any atom is 0.347 e. The molecule has 0 bridgehead atoms. The van der Waals surface area contributed by atoms with Crippen molar-refractivity contribution in [3.63, 3.8) is 0 Å². The number of hydrazone groups is 1. The molecule has 0 spiro atoms. The van der Waals surface area contributed by atoms with Crippen LogP contribution >= 0.6 is 0 Å². The van der Waals surface area contributed by atoms with Gasteiger partial charge < -0.3 is 4.74 Å². The van der Waals surface area contributed by atoms with Crippen molar-refractivity contribution in [2.24, 2.45) is 12.1 Å². The molecule has 1 saturated carbocycles. The summed E-state index contributed by atoms with van der Waals surface area (Å²) in [6.45, 7) is 0.115.